The zero-order valence-corrected chi connectivity index (χ0v) is 16.7. The largest absolute Gasteiger partial charge is 0.452 e. The lowest BCUT2D eigenvalue weighted by molar-refractivity contribution is -0.119. The highest BCUT2D eigenvalue weighted by Crippen LogP contribution is 2.36. The fourth-order valence-corrected chi connectivity index (χ4v) is 4.68. The van der Waals surface area contributed by atoms with Crippen molar-refractivity contribution in [3.63, 3.8) is 0 Å². The summed E-state index contributed by atoms with van der Waals surface area (Å²) in [5.74, 6) is -1.20. The number of hydrogen-bond acceptors (Lipinski definition) is 6. The number of aryl methyl sites for hydroxylation is 3. The standard InChI is InChI=1S/C18H19ClN4O3S/c1-10-15(16(19)23(2)22-10)18(25)26-9-14(24)21-17-12(8-20)11-6-4-3-5-7-13(11)27-17/h3-7,9H2,1-2H3,(H,21,24). The van der Waals surface area contributed by atoms with Crippen LogP contribution in [0.3, 0.4) is 0 Å². The number of amides is 1. The van der Waals surface area contributed by atoms with Crippen molar-refractivity contribution in [2.45, 2.75) is 39.0 Å². The molecule has 1 N–H and O–H groups in total. The van der Waals surface area contributed by atoms with Gasteiger partial charge in [-0.3, -0.25) is 9.48 Å². The fraction of sp³-hybridized carbons (Fsp3) is 0.444. The van der Waals surface area contributed by atoms with E-state index < -0.39 is 18.5 Å². The van der Waals surface area contributed by atoms with E-state index in [1.807, 2.05) is 0 Å². The summed E-state index contributed by atoms with van der Waals surface area (Å²) < 4.78 is 6.43. The number of nitrogens with zero attached hydrogens (tertiary/aromatic N) is 3. The summed E-state index contributed by atoms with van der Waals surface area (Å²) in [5, 5.41) is 16.9. The van der Waals surface area contributed by atoms with Gasteiger partial charge in [-0.15, -0.1) is 11.3 Å². The number of fused-ring (bicyclic) bond motifs is 1. The number of nitriles is 1. The molecule has 0 saturated heterocycles. The molecule has 7 nitrogen and oxygen atoms in total. The van der Waals surface area contributed by atoms with E-state index in [2.05, 4.69) is 16.5 Å². The van der Waals surface area contributed by atoms with Gasteiger partial charge in [-0.05, 0) is 38.2 Å². The molecule has 2 aromatic heterocycles. The number of carbonyl (C=O) groups excluding carboxylic acids is 2. The van der Waals surface area contributed by atoms with Crippen LogP contribution in [0.4, 0.5) is 5.00 Å². The molecule has 1 amide bonds. The Balaban J connectivity index is 1.66. The maximum Gasteiger partial charge on any atom is 0.343 e. The van der Waals surface area contributed by atoms with E-state index >= 15 is 0 Å². The van der Waals surface area contributed by atoms with E-state index in [-0.39, 0.29) is 10.7 Å². The summed E-state index contributed by atoms with van der Waals surface area (Å²) in [4.78, 5) is 25.6. The second-order valence-corrected chi connectivity index (χ2v) is 7.84. The van der Waals surface area contributed by atoms with Crippen molar-refractivity contribution in [1.29, 1.82) is 5.26 Å². The number of thiophene rings is 1. The maximum absolute atomic E-state index is 12.2. The van der Waals surface area contributed by atoms with E-state index in [1.54, 1.807) is 14.0 Å². The zero-order valence-electron chi connectivity index (χ0n) is 15.1. The molecule has 9 heteroatoms. The van der Waals surface area contributed by atoms with Crippen LogP contribution in [0, 0.1) is 18.3 Å². The Morgan fingerprint density at radius 1 is 1.37 bits per heavy atom. The SMILES string of the molecule is Cc1nn(C)c(Cl)c1C(=O)OCC(=O)Nc1sc2c(c1C#N)CCCCC2. The highest BCUT2D eigenvalue weighted by atomic mass is 35.5. The first-order valence-electron chi connectivity index (χ1n) is 8.63. The molecule has 0 fully saturated rings. The van der Waals surface area contributed by atoms with Gasteiger partial charge in [0.05, 0.1) is 11.3 Å². The van der Waals surface area contributed by atoms with Crippen molar-refractivity contribution in [2.24, 2.45) is 7.05 Å². The van der Waals surface area contributed by atoms with Gasteiger partial charge in [-0.1, -0.05) is 18.0 Å². The number of nitrogens with one attached hydrogen (secondary N) is 1. The molecule has 142 valence electrons. The summed E-state index contributed by atoms with van der Waals surface area (Å²) >= 11 is 7.47. The quantitative estimate of drug-likeness (QED) is 0.620. The monoisotopic (exact) mass is 406 g/mol. The summed E-state index contributed by atoms with van der Waals surface area (Å²) in [6.45, 7) is 1.18. The van der Waals surface area contributed by atoms with Crippen LogP contribution in [-0.2, 0) is 29.4 Å². The maximum atomic E-state index is 12.2. The van der Waals surface area contributed by atoms with Crippen LogP contribution in [-0.4, -0.2) is 28.3 Å². The molecule has 0 aromatic carbocycles. The van der Waals surface area contributed by atoms with E-state index in [0.717, 1.165) is 42.5 Å². The smallest absolute Gasteiger partial charge is 0.343 e. The lowest BCUT2D eigenvalue weighted by Gasteiger charge is -2.06. The third-order valence-corrected chi connectivity index (χ3v) is 6.12. The van der Waals surface area contributed by atoms with Gasteiger partial charge in [-0.2, -0.15) is 10.4 Å². The Kier molecular flexibility index (Phi) is 5.82. The van der Waals surface area contributed by atoms with Crippen LogP contribution >= 0.6 is 22.9 Å². The first kappa shape index (κ1) is 19.4. The molecular formula is C18H19ClN4O3S. The minimum Gasteiger partial charge on any atom is -0.452 e. The lowest BCUT2D eigenvalue weighted by atomic mass is 10.1. The van der Waals surface area contributed by atoms with Crippen LogP contribution in [0.1, 0.15) is 51.3 Å². The molecule has 0 unspecified atom stereocenters. The number of anilines is 1. The van der Waals surface area contributed by atoms with Crippen LogP contribution in [0.15, 0.2) is 0 Å². The predicted octanol–water partition coefficient (Wildman–Crippen LogP) is 3.38. The lowest BCUT2D eigenvalue weighted by Crippen LogP contribution is -2.21. The Bertz CT molecular complexity index is 942. The number of aromatic nitrogens is 2. The van der Waals surface area contributed by atoms with Crippen molar-refractivity contribution in [1.82, 2.24) is 9.78 Å². The first-order chi connectivity index (χ1) is 12.9. The molecule has 3 rings (SSSR count). The number of ether oxygens (including phenoxy) is 1. The Morgan fingerprint density at radius 2 is 2.11 bits per heavy atom. The topological polar surface area (TPSA) is 97.0 Å². The highest BCUT2D eigenvalue weighted by Gasteiger charge is 2.23. The molecule has 0 aliphatic heterocycles. The number of rotatable bonds is 4. The number of esters is 1. The highest BCUT2D eigenvalue weighted by molar-refractivity contribution is 7.16. The molecule has 27 heavy (non-hydrogen) atoms. The molecule has 0 saturated carbocycles. The Morgan fingerprint density at radius 3 is 2.78 bits per heavy atom. The second kappa shape index (κ2) is 8.11. The normalized spacial score (nSPS) is 13.4. The van der Waals surface area contributed by atoms with Crippen molar-refractivity contribution in [3.05, 3.63) is 32.4 Å². The van der Waals surface area contributed by atoms with Gasteiger partial charge in [0.25, 0.3) is 5.91 Å². The second-order valence-electron chi connectivity index (χ2n) is 6.38. The van der Waals surface area contributed by atoms with E-state index in [4.69, 9.17) is 16.3 Å². The molecule has 2 aromatic rings. The van der Waals surface area contributed by atoms with E-state index in [1.165, 1.54) is 16.0 Å². The third kappa shape index (κ3) is 3.99. The average molecular weight is 407 g/mol. The minimum absolute atomic E-state index is 0.146. The minimum atomic E-state index is -0.705. The van der Waals surface area contributed by atoms with Crippen molar-refractivity contribution in [3.8, 4) is 6.07 Å². The van der Waals surface area contributed by atoms with E-state index in [0.29, 0.717) is 16.3 Å². The summed E-state index contributed by atoms with van der Waals surface area (Å²) in [7, 11) is 1.61. The molecule has 1 aliphatic rings. The van der Waals surface area contributed by atoms with Crippen LogP contribution < -0.4 is 5.32 Å². The average Bonchev–Trinajstić information content (AvgIpc) is 2.96. The van der Waals surface area contributed by atoms with Crippen LogP contribution in [0.25, 0.3) is 0 Å². The van der Waals surface area contributed by atoms with Crippen molar-refractivity contribution >= 4 is 39.8 Å². The van der Waals surface area contributed by atoms with E-state index in [9.17, 15) is 14.9 Å². The first-order valence-corrected chi connectivity index (χ1v) is 9.82. The molecule has 2 heterocycles. The summed E-state index contributed by atoms with van der Waals surface area (Å²) in [6.07, 6.45) is 5.08. The number of carbonyl (C=O) groups is 2. The molecule has 0 bridgehead atoms. The number of hydrogen-bond donors (Lipinski definition) is 1. The Labute approximate surface area is 165 Å². The van der Waals surface area contributed by atoms with Gasteiger partial charge in [0.15, 0.2) is 6.61 Å². The molecule has 1 aliphatic carbocycles. The molecule has 0 atom stereocenters. The van der Waals surface area contributed by atoms with Gasteiger partial charge >= 0.3 is 5.97 Å². The summed E-state index contributed by atoms with van der Waals surface area (Å²) in [5.41, 5.74) is 2.15. The van der Waals surface area contributed by atoms with Gasteiger partial charge in [0, 0.05) is 11.9 Å². The van der Waals surface area contributed by atoms with Gasteiger partial charge in [0.2, 0.25) is 0 Å². The summed E-state index contributed by atoms with van der Waals surface area (Å²) in [6, 6.07) is 2.20. The van der Waals surface area contributed by atoms with Crippen LogP contribution in [0.2, 0.25) is 5.15 Å². The van der Waals surface area contributed by atoms with Gasteiger partial charge in [0.1, 0.15) is 21.8 Å². The molecule has 0 radical (unpaired) electrons. The van der Waals surface area contributed by atoms with Crippen molar-refractivity contribution < 1.29 is 14.3 Å². The molecular weight excluding hydrogens is 388 g/mol. The zero-order chi connectivity index (χ0) is 19.6. The Hall–Kier alpha value is -2.37. The molecule has 0 spiro atoms. The van der Waals surface area contributed by atoms with Gasteiger partial charge < -0.3 is 10.1 Å². The number of halogens is 1. The van der Waals surface area contributed by atoms with Crippen molar-refractivity contribution in [2.75, 3.05) is 11.9 Å². The van der Waals surface area contributed by atoms with Crippen LogP contribution in [0.5, 0.6) is 0 Å². The predicted molar refractivity (Wildman–Crippen MR) is 102 cm³/mol. The van der Waals surface area contributed by atoms with Gasteiger partial charge in [-0.25, -0.2) is 4.79 Å². The third-order valence-electron chi connectivity index (χ3n) is 4.48. The fourth-order valence-electron chi connectivity index (χ4n) is 3.18.